The van der Waals surface area contributed by atoms with Gasteiger partial charge in [0.15, 0.2) is 5.78 Å². The number of hydrogen-bond donors (Lipinski definition) is 1. The van der Waals surface area contributed by atoms with E-state index in [0.29, 0.717) is 27.4 Å². The average Bonchev–Trinajstić information content (AvgIpc) is 2.63. The fourth-order valence-electron chi connectivity index (χ4n) is 2.21. The third-order valence-electron chi connectivity index (χ3n) is 3.41. The Labute approximate surface area is 144 Å². The van der Waals surface area contributed by atoms with E-state index in [1.54, 1.807) is 66.9 Å². The summed E-state index contributed by atoms with van der Waals surface area (Å²) in [6.07, 6.45) is 3.08. The van der Waals surface area contributed by atoms with Crippen molar-refractivity contribution in [1.82, 2.24) is 4.98 Å². The van der Waals surface area contributed by atoms with Gasteiger partial charge in [-0.15, -0.1) is 0 Å². The van der Waals surface area contributed by atoms with Crippen molar-refractivity contribution in [2.24, 2.45) is 0 Å². The first-order valence-corrected chi connectivity index (χ1v) is 7.63. The number of anilines is 1. The van der Waals surface area contributed by atoms with E-state index < -0.39 is 0 Å². The number of benzene rings is 2. The Balaban J connectivity index is 1.80. The van der Waals surface area contributed by atoms with Crippen molar-refractivity contribution >= 4 is 29.0 Å². The summed E-state index contributed by atoms with van der Waals surface area (Å²) in [5, 5.41) is 3.33. The Morgan fingerprint density at radius 2 is 1.62 bits per heavy atom. The molecular formula is C19H13ClN2O2. The second-order valence-electron chi connectivity index (χ2n) is 5.11. The number of carbonyl (C=O) groups is 2. The van der Waals surface area contributed by atoms with Crippen molar-refractivity contribution in [3.05, 3.63) is 94.8 Å². The van der Waals surface area contributed by atoms with Gasteiger partial charge in [0.05, 0.1) is 5.56 Å². The maximum absolute atomic E-state index is 12.5. The lowest BCUT2D eigenvalue weighted by Gasteiger charge is -2.07. The van der Waals surface area contributed by atoms with Gasteiger partial charge in [0.2, 0.25) is 0 Å². The zero-order chi connectivity index (χ0) is 16.9. The lowest BCUT2D eigenvalue weighted by atomic mass is 10.0. The zero-order valence-corrected chi connectivity index (χ0v) is 13.3. The number of pyridine rings is 1. The Kier molecular flexibility index (Phi) is 4.68. The number of halogens is 1. The molecule has 3 rings (SSSR count). The van der Waals surface area contributed by atoms with E-state index in [-0.39, 0.29) is 11.7 Å². The Morgan fingerprint density at radius 1 is 0.875 bits per heavy atom. The molecule has 0 saturated heterocycles. The lowest BCUT2D eigenvalue weighted by molar-refractivity contribution is 0.102. The molecule has 0 atom stereocenters. The smallest absolute Gasteiger partial charge is 0.257 e. The molecule has 0 fully saturated rings. The van der Waals surface area contributed by atoms with Crippen LogP contribution in [-0.4, -0.2) is 16.7 Å². The van der Waals surface area contributed by atoms with E-state index in [2.05, 4.69) is 10.3 Å². The van der Waals surface area contributed by atoms with Gasteiger partial charge in [0, 0.05) is 34.2 Å². The highest BCUT2D eigenvalue weighted by Crippen LogP contribution is 2.17. The Morgan fingerprint density at radius 3 is 2.33 bits per heavy atom. The van der Waals surface area contributed by atoms with Crippen LogP contribution in [0.5, 0.6) is 0 Å². The fraction of sp³-hybridized carbons (Fsp3) is 0. The van der Waals surface area contributed by atoms with Crippen LogP contribution < -0.4 is 5.32 Å². The van der Waals surface area contributed by atoms with Crippen LogP contribution in [0.2, 0.25) is 5.02 Å². The van der Waals surface area contributed by atoms with Crippen molar-refractivity contribution in [3.63, 3.8) is 0 Å². The van der Waals surface area contributed by atoms with Gasteiger partial charge in [0.1, 0.15) is 0 Å². The first-order chi connectivity index (χ1) is 11.6. The molecule has 4 nitrogen and oxygen atoms in total. The predicted molar refractivity (Wildman–Crippen MR) is 93.5 cm³/mol. The maximum Gasteiger partial charge on any atom is 0.257 e. The molecular weight excluding hydrogens is 324 g/mol. The van der Waals surface area contributed by atoms with Gasteiger partial charge in [-0.3, -0.25) is 14.6 Å². The lowest BCUT2D eigenvalue weighted by Crippen LogP contribution is -2.12. The van der Waals surface area contributed by atoms with Gasteiger partial charge < -0.3 is 5.32 Å². The van der Waals surface area contributed by atoms with Crippen molar-refractivity contribution in [2.45, 2.75) is 0 Å². The van der Waals surface area contributed by atoms with E-state index in [0.717, 1.165) is 0 Å². The number of carbonyl (C=O) groups excluding carboxylic acids is 2. The molecule has 0 saturated carbocycles. The molecule has 1 aromatic heterocycles. The van der Waals surface area contributed by atoms with Crippen molar-refractivity contribution < 1.29 is 9.59 Å². The summed E-state index contributed by atoms with van der Waals surface area (Å²) in [5.74, 6) is -0.414. The van der Waals surface area contributed by atoms with Gasteiger partial charge in [0.25, 0.3) is 5.91 Å². The van der Waals surface area contributed by atoms with Crippen LogP contribution in [0, 0.1) is 0 Å². The van der Waals surface area contributed by atoms with E-state index in [9.17, 15) is 9.59 Å². The first-order valence-electron chi connectivity index (χ1n) is 7.25. The molecule has 2 aromatic carbocycles. The molecule has 1 heterocycles. The minimum Gasteiger partial charge on any atom is -0.322 e. The number of aromatic nitrogens is 1. The molecule has 0 aliphatic heterocycles. The highest BCUT2D eigenvalue weighted by atomic mass is 35.5. The Bertz CT molecular complexity index is 877. The molecule has 24 heavy (non-hydrogen) atoms. The number of ketones is 1. The molecule has 0 spiro atoms. The summed E-state index contributed by atoms with van der Waals surface area (Å²) in [4.78, 5) is 28.6. The summed E-state index contributed by atoms with van der Waals surface area (Å²) in [6.45, 7) is 0. The zero-order valence-electron chi connectivity index (χ0n) is 12.6. The highest BCUT2D eigenvalue weighted by molar-refractivity contribution is 6.30. The van der Waals surface area contributed by atoms with Gasteiger partial charge in [-0.1, -0.05) is 23.7 Å². The second-order valence-corrected chi connectivity index (χ2v) is 5.55. The van der Waals surface area contributed by atoms with E-state index >= 15 is 0 Å². The fourth-order valence-corrected chi connectivity index (χ4v) is 2.33. The highest BCUT2D eigenvalue weighted by Gasteiger charge is 2.11. The summed E-state index contributed by atoms with van der Waals surface area (Å²) in [6, 6.07) is 16.8. The second kappa shape index (κ2) is 7.06. The third kappa shape index (κ3) is 3.67. The standard InChI is InChI=1S/C19H13ClN2O2/c20-16-8-6-13(7-9-16)18(23)14-3-1-5-17(11-14)22-19(24)15-4-2-10-21-12-15/h1-12H,(H,22,24). The average molecular weight is 337 g/mol. The molecule has 1 amide bonds. The molecule has 1 N–H and O–H groups in total. The number of rotatable bonds is 4. The number of nitrogens with one attached hydrogen (secondary N) is 1. The summed E-state index contributed by atoms with van der Waals surface area (Å²) < 4.78 is 0. The molecule has 118 valence electrons. The molecule has 0 unspecified atom stereocenters. The van der Waals surface area contributed by atoms with E-state index in [1.807, 2.05) is 0 Å². The van der Waals surface area contributed by atoms with Crippen LogP contribution in [0.15, 0.2) is 73.1 Å². The molecule has 3 aromatic rings. The topological polar surface area (TPSA) is 59.1 Å². The SMILES string of the molecule is O=C(Nc1cccc(C(=O)c2ccc(Cl)cc2)c1)c1cccnc1. The molecule has 0 radical (unpaired) electrons. The van der Waals surface area contributed by atoms with Crippen LogP contribution >= 0.6 is 11.6 Å². The summed E-state index contributed by atoms with van der Waals surface area (Å²) in [7, 11) is 0. The number of nitrogens with zero attached hydrogens (tertiary/aromatic N) is 1. The van der Waals surface area contributed by atoms with Gasteiger partial charge >= 0.3 is 0 Å². The minimum atomic E-state index is -0.279. The minimum absolute atomic E-state index is 0.135. The van der Waals surface area contributed by atoms with Crippen LogP contribution in [0.4, 0.5) is 5.69 Å². The van der Waals surface area contributed by atoms with Crippen molar-refractivity contribution in [2.75, 3.05) is 5.32 Å². The Hall–Kier alpha value is -2.98. The molecule has 0 aliphatic carbocycles. The summed E-state index contributed by atoms with van der Waals surface area (Å²) in [5.41, 5.74) is 2.02. The van der Waals surface area contributed by atoms with Crippen LogP contribution in [0.1, 0.15) is 26.3 Å². The third-order valence-corrected chi connectivity index (χ3v) is 3.66. The molecule has 0 aliphatic rings. The predicted octanol–water partition coefficient (Wildman–Crippen LogP) is 4.22. The monoisotopic (exact) mass is 336 g/mol. The maximum atomic E-state index is 12.5. The van der Waals surface area contributed by atoms with Crippen molar-refractivity contribution in [1.29, 1.82) is 0 Å². The quantitative estimate of drug-likeness (QED) is 0.726. The van der Waals surface area contributed by atoms with Gasteiger partial charge in [-0.25, -0.2) is 0 Å². The van der Waals surface area contributed by atoms with Gasteiger partial charge in [-0.05, 0) is 48.5 Å². The normalized spacial score (nSPS) is 10.2. The number of amides is 1. The van der Waals surface area contributed by atoms with E-state index in [1.165, 1.54) is 6.20 Å². The van der Waals surface area contributed by atoms with E-state index in [4.69, 9.17) is 11.6 Å². The molecule has 0 bridgehead atoms. The van der Waals surface area contributed by atoms with Crippen molar-refractivity contribution in [3.8, 4) is 0 Å². The largest absolute Gasteiger partial charge is 0.322 e. The summed E-state index contributed by atoms with van der Waals surface area (Å²) >= 11 is 5.84. The number of hydrogen-bond acceptors (Lipinski definition) is 3. The first kappa shape index (κ1) is 15.9. The van der Waals surface area contributed by atoms with Gasteiger partial charge in [-0.2, -0.15) is 0 Å². The molecule has 5 heteroatoms. The van der Waals surface area contributed by atoms with Crippen LogP contribution in [0.25, 0.3) is 0 Å². The van der Waals surface area contributed by atoms with Crippen LogP contribution in [-0.2, 0) is 0 Å². The van der Waals surface area contributed by atoms with Crippen LogP contribution in [0.3, 0.4) is 0 Å².